The van der Waals surface area contributed by atoms with E-state index in [0.717, 1.165) is 29.8 Å². The van der Waals surface area contributed by atoms with Crippen molar-refractivity contribution in [1.29, 1.82) is 0 Å². The number of aromatic nitrogens is 4. The van der Waals surface area contributed by atoms with Crippen molar-refractivity contribution in [3.8, 4) is 11.3 Å². The number of amides is 4. The number of hydrogen-bond acceptors (Lipinski definition) is 7. The zero-order valence-corrected chi connectivity index (χ0v) is 28.2. The van der Waals surface area contributed by atoms with Crippen LogP contribution in [0.2, 0.25) is 5.02 Å². The molecular weight excluding hydrogens is 723 g/mol. The Morgan fingerprint density at radius 3 is 2.38 bits per heavy atom. The van der Waals surface area contributed by atoms with Crippen molar-refractivity contribution >= 4 is 41.6 Å². The first-order chi connectivity index (χ1) is 24.5. The number of halogens is 6. The molecule has 3 aliphatic carbocycles. The third-order valence-corrected chi connectivity index (χ3v) is 10.3. The van der Waals surface area contributed by atoms with Crippen molar-refractivity contribution in [2.45, 2.75) is 56.0 Å². The molecule has 0 radical (unpaired) electrons. The SMILES string of the molecule is Cn1c(-c2cn(C3CC3(F)F)nc2C(F)(F)F)cnc1C(=O)Nc1ccc(C(=O)NCC2C3CN(C(=O)N[C@H]4CCC[C@@H]4O)CC23)c(Cl)c1.O=CO. The van der Waals surface area contributed by atoms with Crippen LogP contribution < -0.4 is 16.0 Å². The maximum atomic E-state index is 13.8. The number of imidazole rings is 1. The summed E-state index contributed by atoms with van der Waals surface area (Å²) in [6, 6.07) is 2.35. The Balaban J connectivity index is 0.00000150. The Kier molecular flexibility index (Phi) is 9.95. The van der Waals surface area contributed by atoms with Gasteiger partial charge in [-0.1, -0.05) is 11.6 Å². The molecule has 14 nitrogen and oxygen atoms in total. The molecule has 280 valence electrons. The molecule has 3 heterocycles. The van der Waals surface area contributed by atoms with Gasteiger partial charge in [0.1, 0.15) is 6.04 Å². The number of carbonyl (C=O) groups is 4. The second-order valence-corrected chi connectivity index (χ2v) is 13.7. The van der Waals surface area contributed by atoms with E-state index in [-0.39, 0.29) is 64.1 Å². The van der Waals surface area contributed by atoms with Crippen LogP contribution in [0, 0.1) is 17.8 Å². The van der Waals surface area contributed by atoms with Crippen molar-refractivity contribution < 1.29 is 51.3 Å². The molecule has 7 rings (SSSR count). The van der Waals surface area contributed by atoms with Gasteiger partial charge in [-0.15, -0.1) is 0 Å². The number of rotatable bonds is 8. The molecule has 52 heavy (non-hydrogen) atoms. The molecule has 5 N–H and O–H groups in total. The number of aliphatic hydroxyl groups is 1. The zero-order valence-electron chi connectivity index (χ0n) is 27.4. The Labute approximate surface area is 297 Å². The van der Waals surface area contributed by atoms with E-state index in [0.29, 0.717) is 30.7 Å². The average Bonchev–Trinajstić information content (AvgIpc) is 3.49. The van der Waals surface area contributed by atoms with Gasteiger partial charge in [0.15, 0.2) is 11.5 Å². The maximum Gasteiger partial charge on any atom is 0.435 e. The third-order valence-electron chi connectivity index (χ3n) is 10.00. The van der Waals surface area contributed by atoms with Crippen molar-refractivity contribution in [3.63, 3.8) is 0 Å². The lowest BCUT2D eigenvalue weighted by Gasteiger charge is -2.24. The van der Waals surface area contributed by atoms with Crippen LogP contribution in [0.25, 0.3) is 11.3 Å². The smallest absolute Gasteiger partial charge is 0.435 e. The lowest BCUT2D eigenvalue weighted by molar-refractivity contribution is -0.141. The molecule has 4 aliphatic rings. The Morgan fingerprint density at radius 1 is 1.13 bits per heavy atom. The molecule has 0 bridgehead atoms. The van der Waals surface area contributed by atoms with E-state index in [1.165, 1.54) is 25.2 Å². The molecule has 4 fully saturated rings. The number of fused-ring (bicyclic) bond motifs is 1. The van der Waals surface area contributed by atoms with Crippen molar-refractivity contribution in [3.05, 3.63) is 52.7 Å². The summed E-state index contributed by atoms with van der Waals surface area (Å²) in [5.74, 6) is -3.86. The summed E-state index contributed by atoms with van der Waals surface area (Å²) in [5.41, 5.74) is -1.67. The number of alkyl halides is 5. The second-order valence-electron chi connectivity index (χ2n) is 13.3. The van der Waals surface area contributed by atoms with E-state index in [2.05, 4.69) is 26.0 Å². The first-order valence-corrected chi connectivity index (χ1v) is 16.7. The molecule has 3 saturated carbocycles. The number of hydrogen-bond donors (Lipinski definition) is 5. The van der Waals surface area contributed by atoms with E-state index in [1.807, 2.05) is 0 Å². The minimum Gasteiger partial charge on any atom is -0.483 e. The van der Waals surface area contributed by atoms with Crippen molar-refractivity contribution in [1.82, 2.24) is 34.9 Å². The number of carboxylic acid groups (broad SMARTS) is 1. The van der Waals surface area contributed by atoms with Crippen molar-refractivity contribution in [2.24, 2.45) is 24.8 Å². The van der Waals surface area contributed by atoms with Crippen molar-refractivity contribution in [2.75, 3.05) is 25.0 Å². The Bertz CT molecular complexity index is 1870. The number of benzene rings is 1. The highest BCUT2D eigenvalue weighted by Crippen LogP contribution is 2.53. The largest absolute Gasteiger partial charge is 0.483 e. The third kappa shape index (κ3) is 7.41. The summed E-state index contributed by atoms with van der Waals surface area (Å²) < 4.78 is 70.1. The summed E-state index contributed by atoms with van der Waals surface area (Å²) in [4.78, 5) is 52.6. The fourth-order valence-corrected chi connectivity index (χ4v) is 7.32. The fourth-order valence-electron chi connectivity index (χ4n) is 7.05. The van der Waals surface area contributed by atoms with Crippen LogP contribution in [0.4, 0.5) is 32.4 Å². The van der Waals surface area contributed by atoms with Gasteiger partial charge in [-0.3, -0.25) is 19.1 Å². The summed E-state index contributed by atoms with van der Waals surface area (Å²) >= 11 is 6.37. The van der Waals surface area contributed by atoms with Crippen LogP contribution in [-0.2, 0) is 18.0 Å². The van der Waals surface area contributed by atoms with Gasteiger partial charge in [0.25, 0.3) is 24.2 Å². The van der Waals surface area contributed by atoms with Gasteiger partial charge in [-0.25, -0.2) is 18.6 Å². The number of nitrogens with zero attached hydrogens (tertiary/aromatic N) is 5. The van der Waals surface area contributed by atoms with Crippen LogP contribution in [0.15, 0.2) is 30.6 Å². The first-order valence-electron chi connectivity index (χ1n) is 16.3. The molecule has 1 aliphatic heterocycles. The normalized spacial score (nSPS) is 25.4. The lowest BCUT2D eigenvalue weighted by atomic mass is 10.1. The number of likely N-dealkylation sites (tertiary alicyclic amines) is 1. The summed E-state index contributed by atoms with van der Waals surface area (Å²) in [6.45, 7) is 1.32. The minimum atomic E-state index is -4.95. The topological polar surface area (TPSA) is 184 Å². The number of aliphatic hydroxyl groups excluding tert-OH is 1. The molecule has 1 aromatic carbocycles. The first kappa shape index (κ1) is 37.0. The summed E-state index contributed by atoms with van der Waals surface area (Å²) in [7, 11) is 1.31. The van der Waals surface area contributed by atoms with Gasteiger partial charge < -0.3 is 35.6 Å². The van der Waals surface area contributed by atoms with Gasteiger partial charge in [0, 0.05) is 45.0 Å². The quantitative estimate of drug-likeness (QED) is 0.169. The predicted octanol–water partition coefficient (Wildman–Crippen LogP) is 4.02. The van der Waals surface area contributed by atoms with E-state index >= 15 is 0 Å². The van der Waals surface area contributed by atoms with Gasteiger partial charge in [-0.2, -0.15) is 18.3 Å². The highest BCUT2D eigenvalue weighted by molar-refractivity contribution is 6.34. The van der Waals surface area contributed by atoms with E-state index < -0.39 is 53.7 Å². The Morgan fingerprint density at radius 2 is 1.81 bits per heavy atom. The summed E-state index contributed by atoms with van der Waals surface area (Å²) in [5, 5.41) is 28.6. The van der Waals surface area contributed by atoms with E-state index in [4.69, 9.17) is 21.5 Å². The molecule has 3 aromatic rings. The fraction of sp³-hybridized carbons (Fsp3) is 0.500. The van der Waals surface area contributed by atoms with Crippen LogP contribution in [-0.4, -0.2) is 96.5 Å². The predicted molar refractivity (Wildman–Crippen MR) is 173 cm³/mol. The number of urea groups is 1. The lowest BCUT2D eigenvalue weighted by Crippen LogP contribution is -2.47. The highest BCUT2D eigenvalue weighted by Gasteiger charge is 2.60. The molecule has 1 saturated heterocycles. The molecule has 20 heteroatoms. The zero-order chi connectivity index (χ0) is 37.7. The molecule has 4 amide bonds. The van der Waals surface area contributed by atoms with Crippen LogP contribution in [0.5, 0.6) is 0 Å². The Hall–Kier alpha value is -4.78. The standard InChI is InChI=1S/C31H32ClF5N8O4.CH2O2/c1-43-22(19-13-45(24-8-30(24,33)34)42-25(19)31(35,36)37)10-38-26(43)28(48)40-14-5-6-15(20(32)7-14)27(47)39-9-16-17-11-44(12-18(16)17)29(49)41-21-3-2-4-23(21)46;2-1-3/h5-7,10,13,16-18,21,23-24,46H,2-4,8-9,11-12H2,1H3,(H,39,47)(H,40,48)(H,41,49);1H,(H,2,3)/t16?,17?,18?,21-,23-,24?;/m0./s1. The van der Waals surface area contributed by atoms with Gasteiger partial charge in [0.05, 0.1) is 40.2 Å². The molecular formula is C32H34ClF5N8O6. The molecule has 5 atom stereocenters. The molecule has 0 spiro atoms. The number of nitrogens with one attached hydrogen (secondary N) is 3. The average molecular weight is 757 g/mol. The summed E-state index contributed by atoms with van der Waals surface area (Å²) in [6.07, 6.45) is -1.83. The monoisotopic (exact) mass is 756 g/mol. The number of piperidine rings is 1. The van der Waals surface area contributed by atoms with Crippen LogP contribution in [0.1, 0.15) is 58.4 Å². The maximum absolute atomic E-state index is 13.8. The number of anilines is 1. The van der Waals surface area contributed by atoms with Crippen LogP contribution >= 0.6 is 11.6 Å². The minimum absolute atomic E-state index is 0.0443. The highest BCUT2D eigenvalue weighted by atomic mass is 35.5. The molecule has 2 aromatic heterocycles. The van der Waals surface area contributed by atoms with E-state index in [9.17, 15) is 41.4 Å². The van der Waals surface area contributed by atoms with E-state index in [1.54, 1.807) is 4.90 Å². The van der Waals surface area contributed by atoms with Gasteiger partial charge in [0.2, 0.25) is 0 Å². The van der Waals surface area contributed by atoms with Gasteiger partial charge >= 0.3 is 12.2 Å². The number of carbonyl (C=O) groups excluding carboxylic acids is 3. The second kappa shape index (κ2) is 14.0. The molecule has 3 unspecified atom stereocenters. The van der Waals surface area contributed by atoms with Gasteiger partial charge in [-0.05, 0) is 55.2 Å². The van der Waals surface area contributed by atoms with Crippen LogP contribution in [0.3, 0.4) is 0 Å².